The molecule has 1 unspecified atom stereocenters. The molecule has 2 fully saturated rings. The quantitative estimate of drug-likeness (QED) is 0.790. The summed E-state index contributed by atoms with van der Waals surface area (Å²) in [6.45, 7) is 7.39. The lowest BCUT2D eigenvalue weighted by molar-refractivity contribution is -0.131. The lowest BCUT2D eigenvalue weighted by Crippen LogP contribution is -2.41. The van der Waals surface area contributed by atoms with Gasteiger partial charge >= 0.3 is 0 Å². The number of hydrogen-bond donors (Lipinski definition) is 1. The molecule has 0 aromatic rings. The molecule has 2 aliphatic heterocycles. The van der Waals surface area contributed by atoms with Crippen molar-refractivity contribution in [2.24, 2.45) is 11.8 Å². The molecular weight excluding hydrogens is 200 g/mol. The van der Waals surface area contributed by atoms with Gasteiger partial charge in [0.25, 0.3) is 0 Å². The van der Waals surface area contributed by atoms with E-state index in [-0.39, 0.29) is 0 Å². The van der Waals surface area contributed by atoms with Gasteiger partial charge in [-0.2, -0.15) is 0 Å². The van der Waals surface area contributed by atoms with E-state index in [9.17, 15) is 4.79 Å². The van der Waals surface area contributed by atoms with E-state index in [2.05, 4.69) is 24.1 Å². The van der Waals surface area contributed by atoms with Crippen LogP contribution in [0.2, 0.25) is 0 Å². The van der Waals surface area contributed by atoms with E-state index in [0.717, 1.165) is 38.4 Å². The summed E-state index contributed by atoms with van der Waals surface area (Å²) >= 11 is 0. The van der Waals surface area contributed by atoms with Crippen molar-refractivity contribution < 1.29 is 4.79 Å². The van der Waals surface area contributed by atoms with Crippen LogP contribution in [0, 0.1) is 11.8 Å². The zero-order chi connectivity index (χ0) is 11.5. The van der Waals surface area contributed by atoms with Gasteiger partial charge in [0.2, 0.25) is 5.91 Å². The highest BCUT2D eigenvalue weighted by Crippen LogP contribution is 2.25. The van der Waals surface area contributed by atoms with Crippen LogP contribution in [-0.4, -0.2) is 36.5 Å². The molecule has 0 saturated carbocycles. The summed E-state index contributed by atoms with van der Waals surface area (Å²) in [6, 6.07) is 0.578. The molecule has 0 aromatic heterocycles. The number of hydrogen-bond acceptors (Lipinski definition) is 2. The molecule has 3 nitrogen and oxygen atoms in total. The van der Waals surface area contributed by atoms with Crippen molar-refractivity contribution in [2.45, 2.75) is 45.6 Å². The Hall–Kier alpha value is -0.570. The molecular formula is C13H24N2O. The maximum Gasteiger partial charge on any atom is 0.222 e. The molecule has 0 spiro atoms. The molecule has 1 amide bonds. The number of fused-ring (bicyclic) bond motifs is 1. The number of nitrogens with zero attached hydrogens (tertiary/aromatic N) is 1. The average molecular weight is 224 g/mol. The second-order valence-electron chi connectivity index (χ2n) is 5.48. The molecule has 3 atom stereocenters. The molecule has 2 heterocycles. The van der Waals surface area contributed by atoms with Crippen LogP contribution in [-0.2, 0) is 4.79 Å². The third kappa shape index (κ3) is 2.57. The number of piperidine rings is 1. The van der Waals surface area contributed by atoms with Gasteiger partial charge in [-0.25, -0.2) is 0 Å². The largest absolute Gasteiger partial charge is 0.341 e. The lowest BCUT2D eigenvalue weighted by atomic mass is 9.94. The summed E-state index contributed by atoms with van der Waals surface area (Å²) in [4.78, 5) is 14.1. The van der Waals surface area contributed by atoms with Crippen LogP contribution >= 0.6 is 0 Å². The molecule has 3 heteroatoms. The summed E-state index contributed by atoms with van der Waals surface area (Å²) in [5, 5.41) is 3.54. The maximum atomic E-state index is 12.1. The molecule has 92 valence electrons. The smallest absolute Gasteiger partial charge is 0.222 e. The Bertz CT molecular complexity index is 240. The first-order chi connectivity index (χ1) is 7.70. The highest BCUT2D eigenvalue weighted by atomic mass is 16.2. The Morgan fingerprint density at radius 3 is 3.00 bits per heavy atom. The fraction of sp³-hybridized carbons (Fsp3) is 0.923. The zero-order valence-electron chi connectivity index (χ0n) is 10.5. The number of amides is 1. The van der Waals surface area contributed by atoms with E-state index in [0.29, 0.717) is 17.9 Å². The van der Waals surface area contributed by atoms with Crippen molar-refractivity contribution >= 4 is 5.91 Å². The van der Waals surface area contributed by atoms with Crippen molar-refractivity contribution in [3.8, 4) is 0 Å². The predicted molar refractivity (Wildman–Crippen MR) is 65.2 cm³/mol. The number of likely N-dealkylation sites (tertiary alicyclic amines) is 1. The predicted octanol–water partition coefficient (Wildman–Crippen LogP) is 1.63. The van der Waals surface area contributed by atoms with E-state index in [1.807, 2.05) is 0 Å². The Balaban J connectivity index is 1.85. The van der Waals surface area contributed by atoms with E-state index < -0.39 is 0 Å². The number of nitrogens with one attached hydrogen (secondary N) is 1. The van der Waals surface area contributed by atoms with Crippen LogP contribution in [0.25, 0.3) is 0 Å². The molecule has 2 saturated heterocycles. The van der Waals surface area contributed by atoms with Crippen molar-refractivity contribution in [2.75, 3.05) is 19.6 Å². The SMILES string of the molecule is CCC(C)CC(=O)N1C[C@@H]2CCCN[C@@H]2C1. The Kier molecular flexibility index (Phi) is 3.85. The lowest BCUT2D eigenvalue weighted by Gasteiger charge is -2.24. The summed E-state index contributed by atoms with van der Waals surface area (Å²) in [5.41, 5.74) is 0. The third-order valence-corrected chi connectivity index (χ3v) is 4.17. The number of carbonyl (C=O) groups is 1. The summed E-state index contributed by atoms with van der Waals surface area (Å²) in [6.07, 6.45) is 4.40. The monoisotopic (exact) mass is 224 g/mol. The second kappa shape index (κ2) is 5.17. The number of carbonyl (C=O) groups excluding carboxylic acids is 1. The molecule has 1 N–H and O–H groups in total. The van der Waals surface area contributed by atoms with Crippen LogP contribution in [0.4, 0.5) is 0 Å². The first kappa shape index (κ1) is 11.9. The number of rotatable bonds is 3. The van der Waals surface area contributed by atoms with Gasteiger partial charge < -0.3 is 10.2 Å². The normalized spacial score (nSPS) is 31.2. The van der Waals surface area contributed by atoms with Gasteiger partial charge in [-0.3, -0.25) is 4.79 Å². The van der Waals surface area contributed by atoms with Crippen molar-refractivity contribution in [3.05, 3.63) is 0 Å². The van der Waals surface area contributed by atoms with Gasteiger partial charge in [-0.15, -0.1) is 0 Å². The van der Waals surface area contributed by atoms with Gasteiger partial charge in [0.1, 0.15) is 0 Å². The van der Waals surface area contributed by atoms with Gasteiger partial charge in [-0.1, -0.05) is 20.3 Å². The minimum Gasteiger partial charge on any atom is -0.341 e. The zero-order valence-corrected chi connectivity index (χ0v) is 10.5. The van der Waals surface area contributed by atoms with Crippen LogP contribution in [0.5, 0.6) is 0 Å². The van der Waals surface area contributed by atoms with Gasteiger partial charge in [0.15, 0.2) is 0 Å². The third-order valence-electron chi connectivity index (χ3n) is 4.17. The van der Waals surface area contributed by atoms with Crippen molar-refractivity contribution in [3.63, 3.8) is 0 Å². The first-order valence-electron chi connectivity index (χ1n) is 6.72. The Morgan fingerprint density at radius 2 is 2.31 bits per heavy atom. The minimum atomic E-state index is 0.366. The van der Waals surface area contributed by atoms with Crippen LogP contribution < -0.4 is 5.32 Å². The highest BCUT2D eigenvalue weighted by molar-refractivity contribution is 5.76. The van der Waals surface area contributed by atoms with Crippen molar-refractivity contribution in [1.82, 2.24) is 10.2 Å². The van der Waals surface area contributed by atoms with E-state index >= 15 is 0 Å². The van der Waals surface area contributed by atoms with E-state index in [1.165, 1.54) is 12.8 Å². The summed E-state index contributed by atoms with van der Waals surface area (Å²) in [7, 11) is 0. The molecule has 2 aliphatic rings. The van der Waals surface area contributed by atoms with Crippen LogP contribution in [0.15, 0.2) is 0 Å². The standard InChI is InChI=1S/C13H24N2O/c1-3-10(2)7-13(16)15-8-11-5-4-6-14-12(11)9-15/h10-12,14H,3-9H2,1-2H3/t10?,11-,12+/m0/s1. The second-order valence-corrected chi connectivity index (χ2v) is 5.48. The van der Waals surface area contributed by atoms with Crippen LogP contribution in [0.3, 0.4) is 0 Å². The van der Waals surface area contributed by atoms with E-state index in [1.54, 1.807) is 0 Å². The molecule has 0 aromatic carbocycles. The van der Waals surface area contributed by atoms with Gasteiger partial charge in [0, 0.05) is 25.6 Å². The molecule has 2 rings (SSSR count). The molecule has 16 heavy (non-hydrogen) atoms. The first-order valence-corrected chi connectivity index (χ1v) is 6.72. The molecule has 0 bridgehead atoms. The Morgan fingerprint density at radius 1 is 1.50 bits per heavy atom. The minimum absolute atomic E-state index is 0.366. The molecule has 0 aliphatic carbocycles. The molecule has 0 radical (unpaired) electrons. The van der Waals surface area contributed by atoms with Gasteiger partial charge in [0.05, 0.1) is 0 Å². The Labute approximate surface area is 98.6 Å². The fourth-order valence-corrected chi connectivity index (χ4v) is 2.82. The van der Waals surface area contributed by atoms with Gasteiger partial charge in [-0.05, 0) is 31.2 Å². The van der Waals surface area contributed by atoms with Crippen molar-refractivity contribution in [1.29, 1.82) is 0 Å². The van der Waals surface area contributed by atoms with Crippen LogP contribution in [0.1, 0.15) is 39.5 Å². The summed E-state index contributed by atoms with van der Waals surface area (Å²) in [5.74, 6) is 1.61. The average Bonchev–Trinajstić information content (AvgIpc) is 2.72. The maximum absolute atomic E-state index is 12.1. The fourth-order valence-electron chi connectivity index (χ4n) is 2.82. The van der Waals surface area contributed by atoms with E-state index in [4.69, 9.17) is 0 Å². The summed E-state index contributed by atoms with van der Waals surface area (Å²) < 4.78 is 0. The highest BCUT2D eigenvalue weighted by Gasteiger charge is 2.36. The topological polar surface area (TPSA) is 32.3 Å².